The van der Waals surface area contributed by atoms with Crippen LogP contribution in [0.4, 0.5) is 0 Å². The highest BCUT2D eigenvalue weighted by Crippen LogP contribution is 2.41. The summed E-state index contributed by atoms with van der Waals surface area (Å²) >= 11 is 2.23. The van der Waals surface area contributed by atoms with Gasteiger partial charge in [-0.1, -0.05) is 35.9 Å². The van der Waals surface area contributed by atoms with Crippen LogP contribution in [-0.4, -0.2) is 12.4 Å². The van der Waals surface area contributed by atoms with Gasteiger partial charge in [-0.05, 0) is 47.0 Å². The van der Waals surface area contributed by atoms with Gasteiger partial charge in [0.05, 0.1) is 6.61 Å². The highest BCUT2D eigenvalue weighted by molar-refractivity contribution is 14.1. The molecule has 102 valence electrons. The number of ether oxygens (including phenoxy) is 1. The maximum absolute atomic E-state index is 12.7. The van der Waals surface area contributed by atoms with Crippen LogP contribution in [0, 0.1) is 10.5 Å². The fraction of sp³-hybridized carbons (Fsp3) is 0.188. The summed E-state index contributed by atoms with van der Waals surface area (Å²) in [6.45, 7) is 2.50. The van der Waals surface area contributed by atoms with E-state index in [4.69, 9.17) is 4.74 Å². The summed E-state index contributed by atoms with van der Waals surface area (Å²) in [5.74, 6) is 0.0430. The molecule has 2 unspecified atom stereocenters. The molecular weight excluding hydrogens is 382 g/mol. The lowest BCUT2D eigenvalue weighted by Gasteiger charge is -2.14. The van der Waals surface area contributed by atoms with Gasteiger partial charge in [-0.2, -0.15) is 0 Å². The van der Waals surface area contributed by atoms with Gasteiger partial charge in [-0.15, -0.1) is 9.24 Å². The average molecular weight is 396 g/mol. The second-order valence-corrected chi connectivity index (χ2v) is 6.91. The van der Waals surface area contributed by atoms with Crippen molar-refractivity contribution in [3.63, 3.8) is 0 Å². The topological polar surface area (TPSA) is 29.6 Å². The van der Waals surface area contributed by atoms with Crippen LogP contribution in [0.3, 0.4) is 0 Å². The van der Waals surface area contributed by atoms with Crippen molar-refractivity contribution in [2.45, 2.75) is 12.5 Å². The molecule has 2 aromatic carbocycles. The van der Waals surface area contributed by atoms with Crippen molar-refractivity contribution in [3.8, 4) is 0 Å². The lowest BCUT2D eigenvalue weighted by Crippen LogP contribution is -2.26. The quantitative estimate of drug-likeness (QED) is 0.345. The third-order valence-electron chi connectivity index (χ3n) is 3.55. The molecule has 20 heavy (non-hydrogen) atoms. The highest BCUT2D eigenvalue weighted by Gasteiger charge is 2.54. The fourth-order valence-electron chi connectivity index (χ4n) is 2.37. The third-order valence-corrected chi connectivity index (χ3v) is 4.75. The van der Waals surface area contributed by atoms with E-state index < -0.39 is 5.60 Å². The molecule has 0 saturated carbocycles. The molecule has 1 aliphatic rings. The zero-order valence-electron chi connectivity index (χ0n) is 11.0. The molecule has 0 aromatic heterocycles. The Morgan fingerprint density at radius 2 is 1.90 bits per heavy atom. The van der Waals surface area contributed by atoms with Crippen molar-refractivity contribution >= 4 is 42.9 Å². The van der Waals surface area contributed by atoms with E-state index in [0.29, 0.717) is 12.2 Å². The molecule has 0 aliphatic carbocycles. The molecule has 3 rings (SSSR count). The van der Waals surface area contributed by atoms with Crippen molar-refractivity contribution in [1.29, 1.82) is 0 Å². The van der Waals surface area contributed by atoms with Gasteiger partial charge in [-0.3, -0.25) is 4.79 Å². The maximum atomic E-state index is 12.7. The Morgan fingerprint density at radius 3 is 2.45 bits per heavy atom. The Hall–Kier alpha value is -0.770. The van der Waals surface area contributed by atoms with Crippen LogP contribution in [-0.2, 0) is 10.3 Å². The standard InChI is InChI=1S/C16H14IO2P/c1-10-2-7-13(14(20)8-10)16(9-19-16)15(18)11-3-5-12(17)6-4-11/h2-8H,9,20H2,1H3. The molecule has 1 aliphatic heterocycles. The van der Waals surface area contributed by atoms with Gasteiger partial charge in [0.25, 0.3) is 0 Å². The number of epoxide rings is 1. The second-order valence-electron chi connectivity index (χ2n) is 5.04. The Labute approximate surface area is 134 Å². The van der Waals surface area contributed by atoms with Crippen molar-refractivity contribution in [3.05, 3.63) is 62.7 Å². The Balaban J connectivity index is 2.00. The smallest absolute Gasteiger partial charge is 0.201 e. The van der Waals surface area contributed by atoms with Crippen molar-refractivity contribution < 1.29 is 9.53 Å². The summed E-state index contributed by atoms with van der Waals surface area (Å²) in [4.78, 5) is 12.7. The summed E-state index contributed by atoms with van der Waals surface area (Å²) in [5, 5.41) is 1.03. The van der Waals surface area contributed by atoms with E-state index in [2.05, 4.69) is 37.9 Å². The molecule has 1 saturated heterocycles. The lowest BCUT2D eigenvalue weighted by molar-refractivity contribution is 0.0871. The van der Waals surface area contributed by atoms with Gasteiger partial charge in [0.2, 0.25) is 5.78 Å². The van der Waals surface area contributed by atoms with Crippen molar-refractivity contribution in [2.75, 3.05) is 6.61 Å². The molecule has 2 atom stereocenters. The first-order chi connectivity index (χ1) is 9.53. The van der Waals surface area contributed by atoms with E-state index in [1.165, 1.54) is 5.56 Å². The summed E-state index contributed by atoms with van der Waals surface area (Å²) in [6.07, 6.45) is 0. The third kappa shape index (κ3) is 2.43. The molecule has 0 bridgehead atoms. The van der Waals surface area contributed by atoms with Crippen LogP contribution in [0.5, 0.6) is 0 Å². The number of carbonyl (C=O) groups excluding carboxylic acids is 1. The number of hydrogen-bond acceptors (Lipinski definition) is 2. The number of hydrogen-bond donors (Lipinski definition) is 0. The molecule has 2 aromatic rings. The van der Waals surface area contributed by atoms with Crippen molar-refractivity contribution in [1.82, 2.24) is 0 Å². The normalized spacial score (nSPS) is 20.8. The van der Waals surface area contributed by atoms with Crippen LogP contribution in [0.25, 0.3) is 0 Å². The molecule has 4 heteroatoms. The predicted octanol–water partition coefficient (Wildman–Crippen LogP) is 3.21. The second kappa shape index (κ2) is 5.21. The molecule has 0 spiro atoms. The Kier molecular flexibility index (Phi) is 3.69. The van der Waals surface area contributed by atoms with Gasteiger partial charge in [0, 0.05) is 14.7 Å². The summed E-state index contributed by atoms with van der Waals surface area (Å²) in [5.41, 5.74) is 2.05. The molecule has 0 radical (unpaired) electrons. The van der Waals surface area contributed by atoms with Crippen LogP contribution in [0.15, 0.2) is 42.5 Å². The minimum absolute atomic E-state index is 0.0430. The van der Waals surface area contributed by atoms with E-state index in [-0.39, 0.29) is 5.78 Å². The summed E-state index contributed by atoms with van der Waals surface area (Å²) in [6, 6.07) is 13.7. The summed E-state index contributed by atoms with van der Waals surface area (Å²) < 4.78 is 6.70. The van der Waals surface area contributed by atoms with E-state index >= 15 is 0 Å². The number of carbonyl (C=O) groups is 1. The number of benzene rings is 2. The number of aryl methyl sites for hydroxylation is 1. The number of halogens is 1. The minimum atomic E-state index is -0.780. The predicted molar refractivity (Wildman–Crippen MR) is 91.6 cm³/mol. The van der Waals surface area contributed by atoms with Crippen LogP contribution >= 0.6 is 31.8 Å². The zero-order valence-corrected chi connectivity index (χ0v) is 14.3. The van der Waals surface area contributed by atoms with Gasteiger partial charge >= 0.3 is 0 Å². The number of Topliss-reactive ketones (excluding diaryl/α,β-unsaturated/α-hetero) is 1. The van der Waals surface area contributed by atoms with Crippen LogP contribution in [0.1, 0.15) is 21.5 Å². The van der Waals surface area contributed by atoms with Gasteiger partial charge < -0.3 is 4.74 Å². The molecule has 0 N–H and O–H groups in total. The maximum Gasteiger partial charge on any atom is 0.201 e. The largest absolute Gasteiger partial charge is 0.356 e. The molecule has 1 heterocycles. The van der Waals surface area contributed by atoms with E-state index in [9.17, 15) is 4.79 Å². The first kappa shape index (κ1) is 14.2. The van der Waals surface area contributed by atoms with Gasteiger partial charge in [-0.25, -0.2) is 0 Å². The van der Waals surface area contributed by atoms with E-state index in [1.54, 1.807) is 0 Å². The fourth-order valence-corrected chi connectivity index (χ4v) is 3.32. The van der Waals surface area contributed by atoms with Crippen LogP contribution in [0.2, 0.25) is 0 Å². The minimum Gasteiger partial charge on any atom is -0.356 e. The number of rotatable bonds is 3. The number of ketones is 1. The highest BCUT2D eigenvalue weighted by atomic mass is 127. The lowest BCUT2D eigenvalue weighted by atomic mass is 9.90. The molecular formula is C16H14IO2P. The zero-order chi connectivity index (χ0) is 14.3. The Morgan fingerprint density at radius 1 is 1.25 bits per heavy atom. The van der Waals surface area contributed by atoms with Gasteiger partial charge in [0.1, 0.15) is 0 Å². The van der Waals surface area contributed by atoms with Crippen LogP contribution < -0.4 is 5.30 Å². The molecule has 2 nitrogen and oxygen atoms in total. The van der Waals surface area contributed by atoms with Gasteiger partial charge in [0.15, 0.2) is 5.60 Å². The Bertz CT molecular complexity index is 675. The first-order valence-electron chi connectivity index (χ1n) is 6.34. The first-order valence-corrected chi connectivity index (χ1v) is 7.99. The average Bonchev–Trinajstić information content (AvgIpc) is 3.20. The summed E-state index contributed by atoms with van der Waals surface area (Å²) in [7, 11) is 2.70. The molecule has 0 amide bonds. The van der Waals surface area contributed by atoms with Crippen molar-refractivity contribution in [2.24, 2.45) is 0 Å². The SMILES string of the molecule is Cc1ccc(C2(C(=O)c3ccc(I)cc3)CO2)c(P)c1. The van der Waals surface area contributed by atoms with E-state index in [0.717, 1.165) is 14.4 Å². The van der Waals surface area contributed by atoms with E-state index in [1.807, 2.05) is 43.3 Å². The monoisotopic (exact) mass is 396 g/mol. The molecule has 1 fully saturated rings.